The van der Waals surface area contributed by atoms with E-state index < -0.39 is 0 Å². The monoisotopic (exact) mass is 358 g/mol. The van der Waals surface area contributed by atoms with Gasteiger partial charge in [-0.15, -0.1) is 0 Å². The van der Waals surface area contributed by atoms with Gasteiger partial charge in [-0.25, -0.2) is 0 Å². The molecule has 0 spiro atoms. The first-order valence-corrected chi connectivity index (χ1v) is 7.62. The molecule has 3 rings (SSSR count). The van der Waals surface area contributed by atoms with Crippen molar-refractivity contribution in [3.05, 3.63) is 82.0 Å². The van der Waals surface area contributed by atoms with Gasteiger partial charge in [0.15, 0.2) is 0 Å². The third-order valence-electron chi connectivity index (χ3n) is 3.02. The number of rotatable bonds is 3. The van der Waals surface area contributed by atoms with Gasteiger partial charge in [0.1, 0.15) is 0 Å². The number of hydrogen-bond acceptors (Lipinski definition) is 1. The SMILES string of the molecule is Clc1cccc(N=Cc2cccn2-c2cccc(Br)c2)c1. The average Bonchev–Trinajstić information content (AvgIpc) is 2.94. The van der Waals surface area contributed by atoms with E-state index in [1.807, 2.05) is 60.9 Å². The molecule has 0 bridgehead atoms. The first-order chi connectivity index (χ1) is 10.2. The van der Waals surface area contributed by atoms with Crippen LogP contribution in [0.2, 0.25) is 5.02 Å². The highest BCUT2D eigenvalue weighted by Gasteiger charge is 2.01. The molecule has 3 aromatic rings. The van der Waals surface area contributed by atoms with E-state index in [4.69, 9.17) is 11.6 Å². The van der Waals surface area contributed by atoms with E-state index >= 15 is 0 Å². The molecule has 0 radical (unpaired) electrons. The highest BCUT2D eigenvalue weighted by atomic mass is 79.9. The Bertz CT molecular complexity index is 793. The molecular formula is C17H12BrClN2. The zero-order valence-electron chi connectivity index (χ0n) is 11.1. The molecule has 0 aliphatic carbocycles. The van der Waals surface area contributed by atoms with Gasteiger partial charge in [0, 0.05) is 21.4 Å². The van der Waals surface area contributed by atoms with Crippen LogP contribution in [0.15, 0.2) is 76.3 Å². The maximum Gasteiger partial charge on any atom is 0.0645 e. The summed E-state index contributed by atoms with van der Waals surface area (Å²) < 4.78 is 3.13. The van der Waals surface area contributed by atoms with Gasteiger partial charge in [-0.1, -0.05) is 39.7 Å². The molecule has 104 valence electrons. The van der Waals surface area contributed by atoms with E-state index in [9.17, 15) is 0 Å². The minimum absolute atomic E-state index is 0.687. The van der Waals surface area contributed by atoms with Crippen LogP contribution in [0.1, 0.15) is 5.69 Å². The summed E-state index contributed by atoms with van der Waals surface area (Å²) in [7, 11) is 0. The lowest BCUT2D eigenvalue weighted by atomic mass is 10.3. The molecule has 0 N–H and O–H groups in total. The summed E-state index contributed by atoms with van der Waals surface area (Å²) in [5, 5.41) is 0.687. The minimum Gasteiger partial charge on any atom is -0.316 e. The van der Waals surface area contributed by atoms with Crippen LogP contribution in [-0.4, -0.2) is 10.8 Å². The van der Waals surface area contributed by atoms with Crippen LogP contribution >= 0.6 is 27.5 Å². The third kappa shape index (κ3) is 3.43. The predicted molar refractivity (Wildman–Crippen MR) is 92.2 cm³/mol. The lowest BCUT2D eigenvalue weighted by molar-refractivity contribution is 1.07. The highest BCUT2D eigenvalue weighted by Crippen LogP contribution is 2.19. The van der Waals surface area contributed by atoms with Crippen molar-refractivity contribution in [2.45, 2.75) is 0 Å². The molecule has 4 heteroatoms. The smallest absolute Gasteiger partial charge is 0.0645 e. The standard InChI is InChI=1S/C17H12BrClN2/c18-13-4-1-7-16(10-13)21-9-3-8-17(21)12-20-15-6-2-5-14(19)11-15/h1-12H. The minimum atomic E-state index is 0.687. The van der Waals surface area contributed by atoms with Crippen molar-refractivity contribution < 1.29 is 0 Å². The largest absolute Gasteiger partial charge is 0.316 e. The van der Waals surface area contributed by atoms with E-state index in [1.165, 1.54) is 0 Å². The van der Waals surface area contributed by atoms with Gasteiger partial charge < -0.3 is 4.57 Å². The molecule has 0 saturated carbocycles. The van der Waals surface area contributed by atoms with Gasteiger partial charge >= 0.3 is 0 Å². The summed E-state index contributed by atoms with van der Waals surface area (Å²) in [6.07, 6.45) is 3.85. The van der Waals surface area contributed by atoms with Gasteiger partial charge in [-0.05, 0) is 48.5 Å². The molecule has 2 nitrogen and oxygen atoms in total. The van der Waals surface area contributed by atoms with Gasteiger partial charge in [-0.3, -0.25) is 4.99 Å². The van der Waals surface area contributed by atoms with E-state index in [0.29, 0.717) is 5.02 Å². The van der Waals surface area contributed by atoms with Crippen LogP contribution in [0, 0.1) is 0 Å². The van der Waals surface area contributed by atoms with Crippen molar-refractivity contribution in [1.29, 1.82) is 0 Å². The first-order valence-electron chi connectivity index (χ1n) is 6.45. The molecule has 0 amide bonds. The average molecular weight is 360 g/mol. The topological polar surface area (TPSA) is 17.3 Å². The lowest BCUT2D eigenvalue weighted by Crippen LogP contribution is -1.97. The molecule has 1 aromatic heterocycles. The van der Waals surface area contributed by atoms with Crippen molar-refractivity contribution in [1.82, 2.24) is 4.57 Å². The molecule has 0 aliphatic heterocycles. The molecule has 0 fully saturated rings. The number of aromatic nitrogens is 1. The van der Waals surface area contributed by atoms with Crippen molar-refractivity contribution in [2.24, 2.45) is 4.99 Å². The molecule has 2 aromatic carbocycles. The van der Waals surface area contributed by atoms with E-state index in [-0.39, 0.29) is 0 Å². The van der Waals surface area contributed by atoms with E-state index in [2.05, 4.69) is 37.6 Å². The number of halogens is 2. The first kappa shape index (κ1) is 14.1. The van der Waals surface area contributed by atoms with Crippen LogP contribution in [0.25, 0.3) is 5.69 Å². The molecular weight excluding hydrogens is 348 g/mol. The second-order valence-corrected chi connectivity index (χ2v) is 5.87. The Balaban J connectivity index is 1.93. The highest BCUT2D eigenvalue weighted by molar-refractivity contribution is 9.10. The van der Waals surface area contributed by atoms with E-state index in [0.717, 1.165) is 21.5 Å². The summed E-state index contributed by atoms with van der Waals surface area (Å²) in [6.45, 7) is 0. The maximum absolute atomic E-state index is 5.97. The van der Waals surface area contributed by atoms with Crippen molar-refractivity contribution in [2.75, 3.05) is 0 Å². The lowest BCUT2D eigenvalue weighted by Gasteiger charge is -2.06. The Hall–Kier alpha value is -1.84. The van der Waals surface area contributed by atoms with Crippen LogP contribution in [0.5, 0.6) is 0 Å². The molecule has 0 unspecified atom stereocenters. The van der Waals surface area contributed by atoms with Crippen molar-refractivity contribution >= 4 is 39.4 Å². The summed E-state index contributed by atoms with van der Waals surface area (Å²) in [4.78, 5) is 4.48. The molecule has 21 heavy (non-hydrogen) atoms. The van der Waals surface area contributed by atoms with Crippen LogP contribution in [0.4, 0.5) is 5.69 Å². The molecule has 0 aliphatic rings. The summed E-state index contributed by atoms with van der Waals surface area (Å²) in [5.74, 6) is 0. The Kier molecular flexibility index (Phi) is 4.23. The second kappa shape index (κ2) is 6.29. The Morgan fingerprint density at radius 3 is 2.67 bits per heavy atom. The van der Waals surface area contributed by atoms with Gasteiger partial charge in [0.25, 0.3) is 0 Å². The molecule has 1 heterocycles. The second-order valence-electron chi connectivity index (χ2n) is 4.52. The molecule has 0 atom stereocenters. The Labute approximate surface area is 136 Å². The van der Waals surface area contributed by atoms with E-state index in [1.54, 1.807) is 0 Å². The van der Waals surface area contributed by atoms with Crippen molar-refractivity contribution in [3.63, 3.8) is 0 Å². The van der Waals surface area contributed by atoms with Crippen LogP contribution in [0.3, 0.4) is 0 Å². The van der Waals surface area contributed by atoms with Crippen LogP contribution in [-0.2, 0) is 0 Å². The maximum atomic E-state index is 5.97. The number of hydrogen-bond donors (Lipinski definition) is 0. The summed E-state index contributed by atoms with van der Waals surface area (Å²) >= 11 is 9.46. The zero-order valence-corrected chi connectivity index (χ0v) is 13.4. The quantitative estimate of drug-likeness (QED) is 0.538. The molecule has 0 saturated heterocycles. The zero-order chi connectivity index (χ0) is 14.7. The number of aliphatic imine (C=N–C) groups is 1. The fraction of sp³-hybridized carbons (Fsp3) is 0. The predicted octanol–water partition coefficient (Wildman–Crippen LogP) is 5.64. The van der Waals surface area contributed by atoms with Gasteiger partial charge in [0.2, 0.25) is 0 Å². The summed E-state index contributed by atoms with van der Waals surface area (Å²) in [6, 6.07) is 19.7. The Morgan fingerprint density at radius 2 is 1.86 bits per heavy atom. The fourth-order valence-electron chi connectivity index (χ4n) is 2.06. The summed E-state index contributed by atoms with van der Waals surface area (Å²) in [5.41, 5.74) is 2.93. The fourth-order valence-corrected chi connectivity index (χ4v) is 2.63. The van der Waals surface area contributed by atoms with Crippen LogP contribution < -0.4 is 0 Å². The van der Waals surface area contributed by atoms with Crippen molar-refractivity contribution in [3.8, 4) is 5.69 Å². The number of benzene rings is 2. The van der Waals surface area contributed by atoms with Gasteiger partial charge in [-0.2, -0.15) is 0 Å². The third-order valence-corrected chi connectivity index (χ3v) is 3.75. The Morgan fingerprint density at radius 1 is 1.00 bits per heavy atom. The number of nitrogens with zero attached hydrogens (tertiary/aromatic N) is 2. The normalized spacial score (nSPS) is 11.1. The van der Waals surface area contributed by atoms with Gasteiger partial charge in [0.05, 0.1) is 17.6 Å².